The summed E-state index contributed by atoms with van der Waals surface area (Å²) in [7, 11) is 0. The number of aliphatic hydroxyl groups excluding tert-OH is 1. The Morgan fingerprint density at radius 1 is 1.38 bits per heavy atom. The standard InChI is InChI=1S/C6H7NO2.C4H10N2O/c8-6(9)7-4-2-1-3-5-7;7-4-3-5-1-2-6-4/h1-4H,5H2,(H,8,9);4-7H,1-3H2. The zero-order valence-electron chi connectivity index (χ0n) is 8.97. The molecule has 2 aliphatic rings. The van der Waals surface area contributed by atoms with Gasteiger partial charge >= 0.3 is 6.09 Å². The van der Waals surface area contributed by atoms with E-state index in [-0.39, 0.29) is 6.23 Å². The molecule has 4 N–H and O–H groups in total. The van der Waals surface area contributed by atoms with Crippen LogP contribution in [-0.4, -0.2) is 53.6 Å². The summed E-state index contributed by atoms with van der Waals surface area (Å²) < 4.78 is 0. The van der Waals surface area contributed by atoms with Crippen molar-refractivity contribution >= 4 is 6.09 Å². The number of β-amino-alcohol motifs (C(OH)–C–C–N with tert-alkyl or cyclic N) is 1. The van der Waals surface area contributed by atoms with E-state index in [1.807, 2.05) is 6.08 Å². The number of amides is 1. The number of aliphatic hydroxyl groups is 1. The fourth-order valence-electron chi connectivity index (χ4n) is 1.25. The number of piperazine rings is 1. The molecule has 0 bridgehead atoms. The smallest absolute Gasteiger partial charge is 0.411 e. The third-order valence-electron chi connectivity index (χ3n) is 2.08. The minimum Gasteiger partial charge on any atom is -0.465 e. The van der Waals surface area contributed by atoms with Gasteiger partial charge in [0, 0.05) is 32.4 Å². The van der Waals surface area contributed by atoms with E-state index in [0.717, 1.165) is 13.1 Å². The first kappa shape index (κ1) is 12.7. The number of carboxylic acid groups (broad SMARTS) is 1. The fourth-order valence-corrected chi connectivity index (χ4v) is 1.25. The highest BCUT2D eigenvalue weighted by molar-refractivity contribution is 5.66. The molecule has 0 aromatic carbocycles. The molecule has 6 heteroatoms. The van der Waals surface area contributed by atoms with Gasteiger partial charge in [0.25, 0.3) is 0 Å². The maximum Gasteiger partial charge on any atom is 0.411 e. The fraction of sp³-hybridized carbons (Fsp3) is 0.500. The Bertz CT molecular complexity index is 272. The van der Waals surface area contributed by atoms with Crippen LogP contribution in [0.25, 0.3) is 0 Å². The molecule has 0 aromatic heterocycles. The molecule has 1 amide bonds. The van der Waals surface area contributed by atoms with Crippen molar-refractivity contribution in [2.24, 2.45) is 0 Å². The lowest BCUT2D eigenvalue weighted by molar-refractivity contribution is 0.120. The van der Waals surface area contributed by atoms with Gasteiger partial charge in [-0.3, -0.25) is 10.2 Å². The van der Waals surface area contributed by atoms with E-state index >= 15 is 0 Å². The van der Waals surface area contributed by atoms with Crippen molar-refractivity contribution in [2.75, 3.05) is 26.2 Å². The highest BCUT2D eigenvalue weighted by Crippen LogP contribution is 1.97. The quantitative estimate of drug-likeness (QED) is 0.450. The summed E-state index contributed by atoms with van der Waals surface area (Å²) in [4.78, 5) is 11.4. The minimum atomic E-state index is -0.907. The molecule has 90 valence electrons. The van der Waals surface area contributed by atoms with Crippen molar-refractivity contribution in [1.82, 2.24) is 15.5 Å². The first-order chi connectivity index (χ1) is 7.70. The third kappa shape index (κ3) is 4.92. The molecule has 0 radical (unpaired) electrons. The van der Waals surface area contributed by atoms with Crippen molar-refractivity contribution in [3.8, 4) is 0 Å². The Morgan fingerprint density at radius 3 is 2.50 bits per heavy atom. The molecule has 1 unspecified atom stereocenters. The SMILES string of the molecule is O=C(O)N1C=CC=CC1.OC1CNCCN1. The summed E-state index contributed by atoms with van der Waals surface area (Å²) in [5.74, 6) is 0. The van der Waals surface area contributed by atoms with Crippen molar-refractivity contribution < 1.29 is 15.0 Å². The van der Waals surface area contributed by atoms with Crippen LogP contribution < -0.4 is 10.6 Å². The van der Waals surface area contributed by atoms with E-state index in [0.29, 0.717) is 13.1 Å². The average molecular weight is 227 g/mol. The largest absolute Gasteiger partial charge is 0.465 e. The summed E-state index contributed by atoms with van der Waals surface area (Å²) in [6, 6.07) is 0. The average Bonchev–Trinajstić information content (AvgIpc) is 2.32. The summed E-state index contributed by atoms with van der Waals surface area (Å²) in [6.07, 6.45) is 5.59. The van der Waals surface area contributed by atoms with Gasteiger partial charge in [-0.1, -0.05) is 12.2 Å². The minimum absolute atomic E-state index is 0.325. The summed E-state index contributed by atoms with van der Waals surface area (Å²) in [6.45, 7) is 2.99. The molecular formula is C10H17N3O3. The van der Waals surface area contributed by atoms with Crippen LogP contribution in [0.2, 0.25) is 0 Å². The Morgan fingerprint density at radius 2 is 2.19 bits per heavy atom. The number of rotatable bonds is 0. The Kier molecular flexibility index (Phi) is 5.55. The van der Waals surface area contributed by atoms with Crippen LogP contribution >= 0.6 is 0 Å². The second kappa shape index (κ2) is 7.00. The van der Waals surface area contributed by atoms with Gasteiger partial charge < -0.3 is 15.5 Å². The highest BCUT2D eigenvalue weighted by atomic mass is 16.4. The van der Waals surface area contributed by atoms with E-state index in [1.54, 1.807) is 12.2 Å². The lowest BCUT2D eigenvalue weighted by Gasteiger charge is -2.18. The molecule has 2 rings (SSSR count). The maximum atomic E-state index is 10.2. The Balaban J connectivity index is 0.000000165. The van der Waals surface area contributed by atoms with Gasteiger partial charge in [0.1, 0.15) is 6.23 Å². The predicted octanol–water partition coefficient (Wildman–Crippen LogP) is -0.453. The zero-order chi connectivity index (χ0) is 11.8. The molecule has 0 aromatic rings. The third-order valence-corrected chi connectivity index (χ3v) is 2.08. The van der Waals surface area contributed by atoms with Crippen molar-refractivity contribution in [3.05, 3.63) is 24.4 Å². The molecule has 0 aliphatic carbocycles. The monoisotopic (exact) mass is 227 g/mol. The number of hydrogen-bond acceptors (Lipinski definition) is 4. The van der Waals surface area contributed by atoms with E-state index in [1.165, 1.54) is 11.1 Å². The molecule has 0 saturated carbocycles. The van der Waals surface area contributed by atoms with Crippen molar-refractivity contribution in [2.45, 2.75) is 6.23 Å². The van der Waals surface area contributed by atoms with Gasteiger partial charge in [-0.25, -0.2) is 4.79 Å². The maximum absolute atomic E-state index is 10.2. The first-order valence-electron chi connectivity index (χ1n) is 5.15. The van der Waals surface area contributed by atoms with Crippen LogP contribution in [0.4, 0.5) is 4.79 Å². The first-order valence-corrected chi connectivity index (χ1v) is 5.15. The van der Waals surface area contributed by atoms with E-state index < -0.39 is 6.09 Å². The molecule has 16 heavy (non-hydrogen) atoms. The normalized spacial score (nSPS) is 23.6. The Hall–Kier alpha value is -1.37. The predicted molar refractivity (Wildman–Crippen MR) is 59.9 cm³/mol. The van der Waals surface area contributed by atoms with Crippen LogP contribution in [0.3, 0.4) is 0 Å². The van der Waals surface area contributed by atoms with Crippen molar-refractivity contribution in [1.29, 1.82) is 0 Å². The van der Waals surface area contributed by atoms with Crippen LogP contribution in [0.1, 0.15) is 0 Å². The molecule has 1 saturated heterocycles. The molecular weight excluding hydrogens is 210 g/mol. The summed E-state index contributed by atoms with van der Waals surface area (Å²) in [5.41, 5.74) is 0. The van der Waals surface area contributed by atoms with Gasteiger partial charge in [0.2, 0.25) is 0 Å². The van der Waals surface area contributed by atoms with Crippen LogP contribution in [-0.2, 0) is 0 Å². The van der Waals surface area contributed by atoms with Crippen molar-refractivity contribution in [3.63, 3.8) is 0 Å². The highest BCUT2D eigenvalue weighted by Gasteiger charge is 2.06. The summed E-state index contributed by atoms with van der Waals surface area (Å²) in [5, 5.41) is 23.0. The van der Waals surface area contributed by atoms with Crippen LogP contribution in [0, 0.1) is 0 Å². The molecule has 1 atom stereocenters. The second-order valence-corrected chi connectivity index (χ2v) is 3.38. The lowest BCUT2D eigenvalue weighted by Crippen LogP contribution is -2.47. The number of carbonyl (C=O) groups is 1. The molecule has 2 aliphatic heterocycles. The van der Waals surface area contributed by atoms with Gasteiger partial charge in [0.05, 0.1) is 0 Å². The van der Waals surface area contributed by atoms with Gasteiger partial charge in [-0.05, 0) is 6.08 Å². The second-order valence-electron chi connectivity index (χ2n) is 3.38. The lowest BCUT2D eigenvalue weighted by atomic mass is 10.4. The topological polar surface area (TPSA) is 84.8 Å². The molecule has 2 heterocycles. The number of hydrogen-bond donors (Lipinski definition) is 4. The van der Waals surface area contributed by atoms with Gasteiger partial charge in [-0.15, -0.1) is 0 Å². The molecule has 6 nitrogen and oxygen atoms in total. The van der Waals surface area contributed by atoms with E-state index in [2.05, 4.69) is 10.6 Å². The van der Waals surface area contributed by atoms with Gasteiger partial charge in [-0.2, -0.15) is 0 Å². The van der Waals surface area contributed by atoms with Crippen LogP contribution in [0.15, 0.2) is 24.4 Å². The molecule has 1 fully saturated rings. The zero-order valence-corrected chi connectivity index (χ0v) is 8.97. The number of allylic oxidation sites excluding steroid dienone is 2. The van der Waals surface area contributed by atoms with E-state index in [4.69, 9.17) is 10.2 Å². The summed E-state index contributed by atoms with van der Waals surface area (Å²) >= 11 is 0. The Labute approximate surface area is 94.2 Å². The van der Waals surface area contributed by atoms with Gasteiger partial charge in [0.15, 0.2) is 0 Å². The van der Waals surface area contributed by atoms with Crippen LogP contribution in [0.5, 0.6) is 0 Å². The molecule has 0 spiro atoms. The number of nitrogens with zero attached hydrogens (tertiary/aromatic N) is 1. The van der Waals surface area contributed by atoms with E-state index in [9.17, 15) is 4.79 Å². The number of nitrogens with one attached hydrogen (secondary N) is 2.